The number of anilines is 2. The van der Waals surface area contributed by atoms with Gasteiger partial charge in [0.15, 0.2) is 0 Å². The van der Waals surface area contributed by atoms with Gasteiger partial charge in [-0.25, -0.2) is 0 Å². The maximum Gasteiger partial charge on any atom is 0.0722 e. The second kappa shape index (κ2) is 5.73. The van der Waals surface area contributed by atoms with Crippen molar-refractivity contribution in [1.82, 2.24) is 0 Å². The van der Waals surface area contributed by atoms with Crippen molar-refractivity contribution in [2.75, 3.05) is 23.1 Å². The summed E-state index contributed by atoms with van der Waals surface area (Å²) in [6.45, 7) is 2.08. The number of nitrogen functional groups attached to an aromatic ring is 1. The molecule has 5 heteroatoms. The predicted molar refractivity (Wildman–Crippen MR) is 72.3 cm³/mol. The lowest BCUT2D eigenvalue weighted by atomic mass is 10.2. The zero-order valence-electron chi connectivity index (χ0n) is 8.68. The van der Waals surface area contributed by atoms with Crippen LogP contribution in [0.15, 0.2) is 12.1 Å². The van der Waals surface area contributed by atoms with Gasteiger partial charge in [0, 0.05) is 17.5 Å². The fourth-order valence-corrected chi connectivity index (χ4v) is 2.47. The van der Waals surface area contributed by atoms with Crippen molar-refractivity contribution < 1.29 is 0 Å². The van der Waals surface area contributed by atoms with E-state index in [1.165, 1.54) is 0 Å². The molecule has 2 nitrogen and oxygen atoms in total. The Kier molecular flexibility index (Phi) is 4.90. The monoisotopic (exact) mass is 264 g/mol. The summed E-state index contributed by atoms with van der Waals surface area (Å²) in [7, 11) is 0. The van der Waals surface area contributed by atoms with E-state index in [4.69, 9.17) is 28.9 Å². The highest BCUT2D eigenvalue weighted by Gasteiger charge is 2.09. The minimum absolute atomic E-state index is 0.318. The molecule has 0 aliphatic rings. The van der Waals surface area contributed by atoms with E-state index >= 15 is 0 Å². The van der Waals surface area contributed by atoms with E-state index in [0.717, 1.165) is 11.4 Å². The van der Waals surface area contributed by atoms with E-state index in [9.17, 15) is 0 Å². The normalized spacial score (nSPS) is 12.5. The van der Waals surface area contributed by atoms with Gasteiger partial charge in [-0.3, -0.25) is 0 Å². The second-order valence-electron chi connectivity index (χ2n) is 3.36. The largest absolute Gasteiger partial charge is 0.399 e. The number of hydrogen-bond acceptors (Lipinski definition) is 3. The van der Waals surface area contributed by atoms with Crippen LogP contribution < -0.4 is 11.1 Å². The van der Waals surface area contributed by atoms with E-state index in [1.54, 1.807) is 23.9 Å². The van der Waals surface area contributed by atoms with Crippen molar-refractivity contribution in [2.24, 2.45) is 0 Å². The molecule has 0 bridgehead atoms. The fraction of sp³-hybridized carbons (Fsp3) is 0.400. The Morgan fingerprint density at radius 1 is 1.40 bits per heavy atom. The van der Waals surface area contributed by atoms with Gasteiger partial charge in [-0.1, -0.05) is 23.2 Å². The second-order valence-corrected chi connectivity index (χ2v) is 5.09. The zero-order valence-corrected chi connectivity index (χ0v) is 11.0. The van der Waals surface area contributed by atoms with Crippen LogP contribution in [0.2, 0.25) is 10.0 Å². The molecule has 0 fully saturated rings. The van der Waals surface area contributed by atoms with Crippen LogP contribution in [0, 0.1) is 0 Å². The summed E-state index contributed by atoms with van der Waals surface area (Å²) < 4.78 is 0. The molecule has 0 spiro atoms. The van der Waals surface area contributed by atoms with Gasteiger partial charge in [-0.2, -0.15) is 11.8 Å². The molecule has 1 rings (SSSR count). The molecule has 0 radical (unpaired) electrons. The molecule has 84 valence electrons. The average Bonchev–Trinajstić information content (AvgIpc) is 2.11. The Morgan fingerprint density at radius 2 is 1.93 bits per heavy atom. The molecule has 1 aromatic rings. The van der Waals surface area contributed by atoms with Crippen molar-refractivity contribution in [3.8, 4) is 0 Å². The molecule has 0 amide bonds. The minimum atomic E-state index is 0.318. The highest BCUT2D eigenvalue weighted by molar-refractivity contribution is 7.98. The lowest BCUT2D eigenvalue weighted by Gasteiger charge is -2.16. The highest BCUT2D eigenvalue weighted by Crippen LogP contribution is 2.33. The van der Waals surface area contributed by atoms with Gasteiger partial charge in [-0.05, 0) is 25.3 Å². The molecule has 1 aromatic carbocycles. The van der Waals surface area contributed by atoms with Crippen LogP contribution in [0.5, 0.6) is 0 Å². The zero-order chi connectivity index (χ0) is 11.4. The van der Waals surface area contributed by atoms with Crippen molar-refractivity contribution in [3.63, 3.8) is 0 Å². The van der Waals surface area contributed by atoms with Gasteiger partial charge in [0.1, 0.15) is 0 Å². The number of thioether (sulfide) groups is 1. The number of nitrogens with two attached hydrogens (primary N) is 1. The Balaban J connectivity index is 2.85. The van der Waals surface area contributed by atoms with E-state index in [1.807, 2.05) is 0 Å². The van der Waals surface area contributed by atoms with Gasteiger partial charge in [0.25, 0.3) is 0 Å². The molecule has 0 aromatic heterocycles. The molecular formula is C10H14Cl2N2S. The lowest BCUT2D eigenvalue weighted by Crippen LogP contribution is -2.18. The van der Waals surface area contributed by atoms with E-state index in [-0.39, 0.29) is 0 Å². The van der Waals surface area contributed by atoms with Crippen LogP contribution in [0.4, 0.5) is 11.4 Å². The van der Waals surface area contributed by atoms with Crippen LogP contribution in [0.1, 0.15) is 6.92 Å². The van der Waals surface area contributed by atoms with E-state index < -0.39 is 0 Å². The topological polar surface area (TPSA) is 38.0 Å². The molecule has 0 saturated heterocycles. The van der Waals surface area contributed by atoms with Crippen molar-refractivity contribution >= 4 is 46.3 Å². The summed E-state index contributed by atoms with van der Waals surface area (Å²) in [4.78, 5) is 0. The molecule has 0 aliphatic carbocycles. The minimum Gasteiger partial charge on any atom is -0.399 e. The standard InChI is InChI=1S/C10H14Cl2N2S/c1-6(5-15-2)14-10-8(11)3-7(13)4-9(10)12/h3-4,6,14H,5,13H2,1-2H3. The third-order valence-electron chi connectivity index (χ3n) is 1.87. The Morgan fingerprint density at radius 3 is 2.40 bits per heavy atom. The van der Waals surface area contributed by atoms with Crippen LogP contribution in [0.3, 0.4) is 0 Å². The number of nitrogens with one attached hydrogen (secondary N) is 1. The summed E-state index contributed by atoms with van der Waals surface area (Å²) in [6, 6.07) is 3.71. The maximum absolute atomic E-state index is 6.05. The molecule has 1 atom stereocenters. The third kappa shape index (κ3) is 3.67. The predicted octanol–water partition coefficient (Wildman–Crippen LogP) is 3.74. The van der Waals surface area contributed by atoms with Crippen molar-refractivity contribution in [3.05, 3.63) is 22.2 Å². The number of rotatable bonds is 4. The SMILES string of the molecule is CSCC(C)Nc1c(Cl)cc(N)cc1Cl. The van der Waals surface area contributed by atoms with Crippen LogP contribution >= 0.6 is 35.0 Å². The van der Waals surface area contributed by atoms with Gasteiger partial charge in [-0.15, -0.1) is 0 Å². The molecule has 0 aliphatic heterocycles. The molecule has 1 unspecified atom stereocenters. The molecule has 3 N–H and O–H groups in total. The lowest BCUT2D eigenvalue weighted by molar-refractivity contribution is 0.915. The summed E-state index contributed by atoms with van der Waals surface area (Å²) in [5.41, 5.74) is 6.95. The summed E-state index contributed by atoms with van der Waals surface area (Å²) >= 11 is 13.9. The average molecular weight is 265 g/mol. The number of hydrogen-bond donors (Lipinski definition) is 2. The first-order valence-electron chi connectivity index (χ1n) is 4.54. The first kappa shape index (κ1) is 12.8. The molecular weight excluding hydrogens is 251 g/mol. The Labute approximate surface area is 105 Å². The van der Waals surface area contributed by atoms with E-state index in [2.05, 4.69) is 18.5 Å². The Bertz CT molecular complexity index is 321. The summed E-state index contributed by atoms with van der Waals surface area (Å²) in [6.07, 6.45) is 2.06. The van der Waals surface area contributed by atoms with Crippen LogP contribution in [-0.2, 0) is 0 Å². The number of benzene rings is 1. The quantitative estimate of drug-likeness (QED) is 0.814. The number of halogens is 2. The van der Waals surface area contributed by atoms with Crippen molar-refractivity contribution in [2.45, 2.75) is 13.0 Å². The fourth-order valence-electron chi connectivity index (χ4n) is 1.27. The highest BCUT2D eigenvalue weighted by atomic mass is 35.5. The molecule has 0 saturated carbocycles. The van der Waals surface area contributed by atoms with E-state index in [0.29, 0.717) is 21.8 Å². The third-order valence-corrected chi connectivity index (χ3v) is 3.30. The maximum atomic E-state index is 6.05. The van der Waals surface area contributed by atoms with Crippen molar-refractivity contribution in [1.29, 1.82) is 0 Å². The smallest absolute Gasteiger partial charge is 0.0722 e. The van der Waals surface area contributed by atoms with Crippen LogP contribution in [-0.4, -0.2) is 18.1 Å². The summed E-state index contributed by atoms with van der Waals surface area (Å²) in [5.74, 6) is 0.997. The first-order valence-corrected chi connectivity index (χ1v) is 6.69. The van der Waals surface area contributed by atoms with Gasteiger partial charge in [0.05, 0.1) is 15.7 Å². The van der Waals surface area contributed by atoms with Gasteiger partial charge >= 0.3 is 0 Å². The van der Waals surface area contributed by atoms with Gasteiger partial charge in [0.2, 0.25) is 0 Å². The first-order chi connectivity index (χ1) is 7.04. The molecule has 0 heterocycles. The van der Waals surface area contributed by atoms with Crippen LogP contribution in [0.25, 0.3) is 0 Å². The summed E-state index contributed by atoms with van der Waals surface area (Å²) in [5, 5.41) is 4.39. The molecule has 15 heavy (non-hydrogen) atoms. The Hall–Kier alpha value is -0.250. The van der Waals surface area contributed by atoms with Gasteiger partial charge < -0.3 is 11.1 Å².